The lowest BCUT2D eigenvalue weighted by atomic mass is 10.1. The van der Waals surface area contributed by atoms with E-state index in [-0.39, 0.29) is 12.4 Å². The van der Waals surface area contributed by atoms with Gasteiger partial charge in [0.2, 0.25) is 0 Å². The zero-order valence-corrected chi connectivity index (χ0v) is 18.3. The minimum absolute atomic E-state index is 0.194. The number of halogens is 1. The summed E-state index contributed by atoms with van der Waals surface area (Å²) in [4.78, 5) is 11.5. The van der Waals surface area contributed by atoms with E-state index in [4.69, 9.17) is 9.47 Å². The molecule has 3 aromatic rings. The summed E-state index contributed by atoms with van der Waals surface area (Å²) in [7, 11) is 1.37. The number of benzene rings is 3. The van der Waals surface area contributed by atoms with Gasteiger partial charge in [0.1, 0.15) is 11.5 Å². The Morgan fingerprint density at radius 1 is 1.07 bits per heavy atom. The first-order valence-electron chi connectivity index (χ1n) is 9.61. The number of aliphatic hydroxyl groups excluding tert-OH is 1. The second-order valence-corrected chi connectivity index (χ2v) is 7.73. The summed E-state index contributed by atoms with van der Waals surface area (Å²) in [5.41, 5.74) is 2.64. The highest BCUT2D eigenvalue weighted by atomic mass is 79.9. The molecular formula is C24H24BrNO4. The molecule has 0 amide bonds. The highest BCUT2D eigenvalue weighted by Gasteiger charge is 2.10. The van der Waals surface area contributed by atoms with Crippen molar-refractivity contribution in [1.82, 2.24) is 5.32 Å². The van der Waals surface area contributed by atoms with Crippen molar-refractivity contribution in [3.05, 3.63) is 94.0 Å². The van der Waals surface area contributed by atoms with E-state index in [1.807, 2.05) is 72.8 Å². The van der Waals surface area contributed by atoms with Crippen molar-refractivity contribution in [3.8, 4) is 11.5 Å². The number of carbonyl (C=O) groups is 1. The number of hydrogen-bond acceptors (Lipinski definition) is 5. The van der Waals surface area contributed by atoms with E-state index in [1.165, 1.54) is 7.11 Å². The zero-order chi connectivity index (χ0) is 21.3. The predicted molar refractivity (Wildman–Crippen MR) is 119 cm³/mol. The summed E-state index contributed by atoms with van der Waals surface area (Å²) in [5, 5.41) is 13.6. The molecule has 2 N–H and O–H groups in total. The Kier molecular flexibility index (Phi) is 8.02. The molecule has 0 bridgehead atoms. The van der Waals surface area contributed by atoms with E-state index in [1.54, 1.807) is 0 Å². The molecule has 0 aliphatic heterocycles. The van der Waals surface area contributed by atoms with Gasteiger partial charge in [0.05, 0.1) is 19.6 Å². The molecule has 3 aromatic carbocycles. The summed E-state index contributed by atoms with van der Waals surface area (Å²) in [6, 6.07) is 22.7. The molecule has 3 rings (SSSR count). The average Bonchev–Trinajstić information content (AvgIpc) is 2.76. The normalized spacial score (nSPS) is 11.7. The van der Waals surface area contributed by atoms with Crippen LogP contribution in [0.3, 0.4) is 0 Å². The third kappa shape index (κ3) is 6.42. The SMILES string of the molecule is COC(=O)Cc1cccc(Oc2ccc(Br)cc2CNCC(O)c2ccccc2)c1. The predicted octanol–water partition coefficient (Wildman–Crippen LogP) is 4.78. The molecule has 30 heavy (non-hydrogen) atoms. The number of ether oxygens (including phenoxy) is 2. The Labute approximate surface area is 184 Å². The van der Waals surface area contributed by atoms with Crippen molar-refractivity contribution in [2.45, 2.75) is 19.1 Å². The number of nitrogens with one attached hydrogen (secondary N) is 1. The van der Waals surface area contributed by atoms with Crippen LogP contribution < -0.4 is 10.1 Å². The summed E-state index contributed by atoms with van der Waals surface area (Å²) in [6.07, 6.45) is -0.391. The quantitative estimate of drug-likeness (QED) is 0.441. The molecule has 1 atom stereocenters. The van der Waals surface area contributed by atoms with Crippen LogP contribution in [0.1, 0.15) is 22.8 Å². The van der Waals surface area contributed by atoms with Crippen LogP contribution in [-0.2, 0) is 22.5 Å². The lowest BCUT2D eigenvalue weighted by Gasteiger charge is -2.15. The monoisotopic (exact) mass is 469 g/mol. The molecule has 0 fully saturated rings. The van der Waals surface area contributed by atoms with Gasteiger partial charge in [-0.15, -0.1) is 0 Å². The second-order valence-electron chi connectivity index (χ2n) is 6.81. The molecule has 5 nitrogen and oxygen atoms in total. The van der Waals surface area contributed by atoms with Gasteiger partial charge in [0.25, 0.3) is 0 Å². The van der Waals surface area contributed by atoms with Gasteiger partial charge >= 0.3 is 5.97 Å². The highest BCUT2D eigenvalue weighted by Crippen LogP contribution is 2.29. The van der Waals surface area contributed by atoms with Gasteiger partial charge in [-0.25, -0.2) is 0 Å². The molecule has 0 spiro atoms. The van der Waals surface area contributed by atoms with Crippen LogP contribution in [0.2, 0.25) is 0 Å². The fourth-order valence-corrected chi connectivity index (χ4v) is 3.42. The number of carbonyl (C=O) groups excluding carboxylic acids is 1. The zero-order valence-electron chi connectivity index (χ0n) is 16.7. The van der Waals surface area contributed by atoms with Gasteiger partial charge in [-0.1, -0.05) is 58.4 Å². The number of aliphatic hydroxyl groups is 1. The molecule has 0 aromatic heterocycles. The Morgan fingerprint density at radius 3 is 2.63 bits per heavy atom. The summed E-state index contributed by atoms with van der Waals surface area (Å²) >= 11 is 3.50. The van der Waals surface area contributed by atoms with Crippen molar-refractivity contribution < 1.29 is 19.4 Å². The maximum absolute atomic E-state index is 11.5. The van der Waals surface area contributed by atoms with Crippen LogP contribution in [0.4, 0.5) is 0 Å². The Bertz CT molecular complexity index is 978. The number of rotatable bonds is 9. The molecule has 0 saturated carbocycles. The molecule has 156 valence electrons. The fourth-order valence-electron chi connectivity index (χ4n) is 3.01. The second kappa shape index (κ2) is 10.9. The van der Waals surface area contributed by atoms with Crippen LogP contribution in [0.25, 0.3) is 0 Å². The van der Waals surface area contributed by atoms with E-state index in [0.29, 0.717) is 24.6 Å². The van der Waals surface area contributed by atoms with Crippen LogP contribution in [-0.4, -0.2) is 24.7 Å². The summed E-state index contributed by atoms with van der Waals surface area (Å²) in [5.74, 6) is 1.05. The summed E-state index contributed by atoms with van der Waals surface area (Å²) < 4.78 is 11.8. The Morgan fingerprint density at radius 2 is 1.87 bits per heavy atom. The molecule has 0 aliphatic carbocycles. The molecular weight excluding hydrogens is 446 g/mol. The van der Waals surface area contributed by atoms with E-state index >= 15 is 0 Å². The van der Waals surface area contributed by atoms with Crippen LogP contribution in [0.5, 0.6) is 11.5 Å². The average molecular weight is 470 g/mol. The van der Waals surface area contributed by atoms with E-state index < -0.39 is 6.10 Å². The standard InChI is InChI=1S/C24H24BrNO4/c1-29-24(28)13-17-6-5-9-21(12-17)30-23-11-10-20(25)14-19(23)15-26-16-22(27)18-7-3-2-4-8-18/h2-12,14,22,26-27H,13,15-16H2,1H3. The number of methoxy groups -OCH3 is 1. The van der Waals surface area contributed by atoms with Crippen molar-refractivity contribution >= 4 is 21.9 Å². The Balaban J connectivity index is 1.66. The van der Waals surface area contributed by atoms with Crippen molar-refractivity contribution in [2.75, 3.05) is 13.7 Å². The minimum atomic E-state index is -0.585. The molecule has 0 heterocycles. The van der Waals surface area contributed by atoms with Crippen molar-refractivity contribution in [2.24, 2.45) is 0 Å². The maximum Gasteiger partial charge on any atom is 0.309 e. The molecule has 0 aliphatic rings. The van der Waals surface area contributed by atoms with Crippen LogP contribution in [0, 0.1) is 0 Å². The topological polar surface area (TPSA) is 67.8 Å². The smallest absolute Gasteiger partial charge is 0.309 e. The molecule has 6 heteroatoms. The van der Waals surface area contributed by atoms with Gasteiger partial charge in [-0.3, -0.25) is 4.79 Å². The molecule has 1 unspecified atom stereocenters. The molecule has 0 radical (unpaired) electrons. The maximum atomic E-state index is 11.5. The lowest BCUT2D eigenvalue weighted by Crippen LogP contribution is -2.21. The fraction of sp³-hybridized carbons (Fsp3) is 0.208. The van der Waals surface area contributed by atoms with Gasteiger partial charge in [-0.2, -0.15) is 0 Å². The van der Waals surface area contributed by atoms with Crippen molar-refractivity contribution in [3.63, 3.8) is 0 Å². The van der Waals surface area contributed by atoms with E-state index in [0.717, 1.165) is 21.2 Å². The first kappa shape index (κ1) is 22.0. The Hall–Kier alpha value is -2.67. The largest absolute Gasteiger partial charge is 0.469 e. The third-order valence-electron chi connectivity index (χ3n) is 4.56. The highest BCUT2D eigenvalue weighted by molar-refractivity contribution is 9.10. The number of esters is 1. The minimum Gasteiger partial charge on any atom is -0.469 e. The van der Waals surface area contributed by atoms with E-state index in [9.17, 15) is 9.90 Å². The van der Waals surface area contributed by atoms with Crippen molar-refractivity contribution in [1.29, 1.82) is 0 Å². The van der Waals surface area contributed by atoms with Gasteiger partial charge < -0.3 is 19.9 Å². The third-order valence-corrected chi connectivity index (χ3v) is 5.06. The first-order valence-corrected chi connectivity index (χ1v) is 10.4. The first-order chi connectivity index (χ1) is 14.5. The van der Waals surface area contributed by atoms with Gasteiger partial charge in [0.15, 0.2) is 0 Å². The molecule has 0 saturated heterocycles. The van der Waals surface area contributed by atoms with Crippen LogP contribution in [0.15, 0.2) is 77.3 Å². The van der Waals surface area contributed by atoms with E-state index in [2.05, 4.69) is 21.2 Å². The number of hydrogen-bond donors (Lipinski definition) is 2. The van der Waals surface area contributed by atoms with Gasteiger partial charge in [0, 0.05) is 23.1 Å². The lowest BCUT2D eigenvalue weighted by molar-refractivity contribution is -0.139. The van der Waals surface area contributed by atoms with Gasteiger partial charge in [-0.05, 0) is 41.5 Å². The van der Waals surface area contributed by atoms with Crippen LogP contribution >= 0.6 is 15.9 Å². The summed E-state index contributed by atoms with van der Waals surface area (Å²) in [6.45, 7) is 0.950.